The number of hydrogen-bond acceptors (Lipinski definition) is 9. The van der Waals surface area contributed by atoms with E-state index in [1.165, 1.54) is 0 Å². The van der Waals surface area contributed by atoms with Crippen molar-refractivity contribution in [2.24, 2.45) is 0 Å². The van der Waals surface area contributed by atoms with Gasteiger partial charge < -0.3 is 24.8 Å². The van der Waals surface area contributed by atoms with Crippen molar-refractivity contribution < 1.29 is 41.6 Å². The summed E-state index contributed by atoms with van der Waals surface area (Å²) < 4.78 is 59.0. The molecular formula is C15H22O9S2. The van der Waals surface area contributed by atoms with Gasteiger partial charge >= 0.3 is 0 Å². The summed E-state index contributed by atoms with van der Waals surface area (Å²) in [5, 5.41) is 32.2. The van der Waals surface area contributed by atoms with Gasteiger partial charge in [-0.2, -0.15) is 0 Å². The molecule has 1 aliphatic heterocycles. The van der Waals surface area contributed by atoms with E-state index in [1.54, 1.807) is 30.3 Å². The van der Waals surface area contributed by atoms with Crippen molar-refractivity contribution in [1.29, 1.82) is 0 Å². The molecule has 148 valence electrons. The zero-order valence-corrected chi connectivity index (χ0v) is 16.1. The first kappa shape index (κ1) is 21.2. The summed E-state index contributed by atoms with van der Waals surface area (Å²) in [7, 11) is -8.31. The lowest BCUT2D eigenvalue weighted by Crippen LogP contribution is -2.68. The van der Waals surface area contributed by atoms with E-state index in [9.17, 15) is 32.2 Å². The average molecular weight is 410 g/mol. The van der Waals surface area contributed by atoms with Gasteiger partial charge in [-0.15, -0.1) is 0 Å². The van der Waals surface area contributed by atoms with Gasteiger partial charge in [-0.25, -0.2) is 16.8 Å². The third-order valence-electron chi connectivity index (χ3n) is 4.47. The smallest absolute Gasteiger partial charge is 0.263 e. The van der Waals surface area contributed by atoms with E-state index in [0.29, 0.717) is 18.1 Å². The summed E-state index contributed by atoms with van der Waals surface area (Å²) in [5.74, 6) is 0. The fourth-order valence-corrected chi connectivity index (χ4v) is 6.46. The van der Waals surface area contributed by atoms with Crippen LogP contribution in [-0.4, -0.2) is 80.1 Å². The van der Waals surface area contributed by atoms with Crippen LogP contribution in [0.4, 0.5) is 0 Å². The van der Waals surface area contributed by atoms with Crippen molar-refractivity contribution in [3.8, 4) is 0 Å². The molecule has 1 aliphatic rings. The van der Waals surface area contributed by atoms with Crippen molar-refractivity contribution in [1.82, 2.24) is 0 Å². The molecule has 0 amide bonds. The SMILES string of the molecule is CO[C@H]1O[C@H](C(O)Cc2ccccc2)[C@](O)(S(C)(=O)=O)[C@]1(O)S(C)(=O)=O. The maximum absolute atomic E-state index is 12.3. The Kier molecular flexibility index (Phi) is 5.57. The molecule has 2 rings (SSSR count). The van der Waals surface area contributed by atoms with Gasteiger partial charge in [0, 0.05) is 26.0 Å². The molecule has 9 nitrogen and oxygen atoms in total. The van der Waals surface area contributed by atoms with E-state index in [2.05, 4.69) is 0 Å². The summed E-state index contributed by atoms with van der Waals surface area (Å²) in [6, 6.07) is 8.40. The lowest BCUT2D eigenvalue weighted by atomic mass is 9.98. The Labute approximate surface area is 152 Å². The molecule has 1 aromatic carbocycles. The Bertz CT molecular complexity index is 852. The second-order valence-electron chi connectivity index (χ2n) is 6.32. The van der Waals surface area contributed by atoms with E-state index in [-0.39, 0.29) is 6.42 Å². The third kappa shape index (κ3) is 3.07. The molecule has 0 spiro atoms. The highest BCUT2D eigenvalue weighted by Gasteiger charge is 2.78. The van der Waals surface area contributed by atoms with Crippen LogP contribution in [0.25, 0.3) is 0 Å². The number of ether oxygens (including phenoxy) is 2. The topological polar surface area (TPSA) is 147 Å². The normalized spacial score (nSPS) is 33.9. The largest absolute Gasteiger partial charge is 0.390 e. The Hall–Kier alpha value is -1.08. The average Bonchev–Trinajstić information content (AvgIpc) is 2.78. The van der Waals surface area contributed by atoms with Crippen molar-refractivity contribution in [3.05, 3.63) is 35.9 Å². The molecule has 1 fully saturated rings. The number of aliphatic hydroxyl groups is 3. The molecule has 11 heteroatoms. The van der Waals surface area contributed by atoms with Crippen molar-refractivity contribution >= 4 is 19.7 Å². The molecule has 0 bridgehead atoms. The molecule has 26 heavy (non-hydrogen) atoms. The third-order valence-corrected chi connectivity index (χ3v) is 7.91. The van der Waals surface area contributed by atoms with Gasteiger partial charge in [0.25, 0.3) is 4.93 Å². The Balaban J connectivity index is 2.59. The molecule has 1 aromatic rings. The molecule has 0 aromatic heterocycles. The van der Waals surface area contributed by atoms with E-state index in [1.807, 2.05) is 0 Å². The van der Waals surface area contributed by atoms with Crippen LogP contribution in [0.2, 0.25) is 0 Å². The second-order valence-corrected chi connectivity index (χ2v) is 10.7. The number of methoxy groups -OCH3 is 1. The van der Waals surface area contributed by atoms with Crippen LogP contribution in [0, 0.1) is 0 Å². The van der Waals surface area contributed by atoms with Crippen LogP contribution >= 0.6 is 0 Å². The van der Waals surface area contributed by atoms with Gasteiger partial charge in [0.1, 0.15) is 6.10 Å². The molecule has 0 saturated carbocycles. The first-order valence-corrected chi connectivity index (χ1v) is 11.3. The van der Waals surface area contributed by atoms with E-state index in [0.717, 1.165) is 7.11 Å². The summed E-state index contributed by atoms with van der Waals surface area (Å²) in [5.41, 5.74) is 0.586. The minimum absolute atomic E-state index is 0.153. The molecule has 0 radical (unpaired) electrons. The fraction of sp³-hybridized carbons (Fsp3) is 0.600. The van der Waals surface area contributed by atoms with Gasteiger partial charge in [0.05, 0.1) is 6.10 Å². The summed E-state index contributed by atoms with van der Waals surface area (Å²) in [6.45, 7) is 0. The highest BCUT2D eigenvalue weighted by molar-refractivity contribution is 7.96. The van der Waals surface area contributed by atoms with Crippen LogP contribution in [0.15, 0.2) is 30.3 Å². The summed E-state index contributed by atoms with van der Waals surface area (Å²) in [4.78, 5) is -6.67. The minimum atomic E-state index is -4.66. The molecule has 0 aliphatic carbocycles. The van der Waals surface area contributed by atoms with Gasteiger partial charge in [0.2, 0.25) is 11.2 Å². The maximum atomic E-state index is 12.3. The predicted molar refractivity (Wildman–Crippen MR) is 91.4 cm³/mol. The zero-order chi connectivity index (χ0) is 20.0. The minimum Gasteiger partial charge on any atom is -0.390 e. The van der Waals surface area contributed by atoms with Gasteiger partial charge in [0.15, 0.2) is 19.7 Å². The number of aliphatic hydroxyl groups excluding tert-OH is 1. The lowest BCUT2D eigenvalue weighted by molar-refractivity contribution is -0.172. The van der Waals surface area contributed by atoms with Crippen LogP contribution < -0.4 is 0 Å². The molecular weight excluding hydrogens is 388 g/mol. The van der Waals surface area contributed by atoms with Crippen LogP contribution in [0.5, 0.6) is 0 Å². The van der Waals surface area contributed by atoms with Crippen LogP contribution in [0.3, 0.4) is 0 Å². The predicted octanol–water partition coefficient (Wildman–Crippen LogP) is -1.57. The number of rotatable bonds is 6. The zero-order valence-electron chi connectivity index (χ0n) is 14.4. The molecule has 1 saturated heterocycles. The molecule has 1 heterocycles. The first-order chi connectivity index (χ1) is 11.8. The van der Waals surface area contributed by atoms with Crippen molar-refractivity contribution in [3.63, 3.8) is 0 Å². The van der Waals surface area contributed by atoms with E-state index < -0.39 is 48.0 Å². The van der Waals surface area contributed by atoms with E-state index in [4.69, 9.17) is 9.47 Å². The van der Waals surface area contributed by atoms with Crippen molar-refractivity contribution in [2.75, 3.05) is 19.6 Å². The van der Waals surface area contributed by atoms with Crippen LogP contribution in [0.1, 0.15) is 5.56 Å². The highest BCUT2D eigenvalue weighted by atomic mass is 32.2. The highest BCUT2D eigenvalue weighted by Crippen LogP contribution is 2.48. The van der Waals surface area contributed by atoms with Gasteiger partial charge in [-0.05, 0) is 5.56 Å². The summed E-state index contributed by atoms with van der Waals surface area (Å²) in [6.07, 6.45) is -4.70. The number of sulfone groups is 2. The number of hydrogen-bond donors (Lipinski definition) is 3. The Morgan fingerprint density at radius 2 is 1.58 bits per heavy atom. The van der Waals surface area contributed by atoms with E-state index >= 15 is 0 Å². The quantitative estimate of drug-likeness (QED) is 0.506. The Morgan fingerprint density at radius 1 is 1.08 bits per heavy atom. The Morgan fingerprint density at radius 3 is 2.00 bits per heavy atom. The monoisotopic (exact) mass is 410 g/mol. The molecule has 3 N–H and O–H groups in total. The van der Waals surface area contributed by atoms with Gasteiger partial charge in [-0.1, -0.05) is 30.3 Å². The second kappa shape index (κ2) is 6.82. The van der Waals surface area contributed by atoms with Crippen LogP contribution in [-0.2, 0) is 35.6 Å². The summed E-state index contributed by atoms with van der Waals surface area (Å²) >= 11 is 0. The van der Waals surface area contributed by atoms with Crippen molar-refractivity contribution in [2.45, 2.75) is 34.8 Å². The van der Waals surface area contributed by atoms with Gasteiger partial charge in [-0.3, -0.25) is 0 Å². The maximum Gasteiger partial charge on any atom is 0.263 e. The molecule has 1 unspecified atom stereocenters. The fourth-order valence-electron chi connectivity index (χ4n) is 3.14. The molecule has 5 atom stereocenters. The first-order valence-electron chi connectivity index (χ1n) is 7.55. The standard InChI is InChI=1S/C15H22O9S2/c1-23-13-15(18,26(3,21)22)14(17,25(2,19)20)12(24-13)11(16)9-10-7-5-4-6-8-10/h4-8,11-13,16-18H,9H2,1-3H3/t11?,12-,13+,14+,15-/m1/s1. The lowest BCUT2D eigenvalue weighted by Gasteiger charge is -2.38. The number of benzene rings is 1.